The minimum Gasteiger partial charge on any atom is -0.382 e. The molecule has 0 bridgehead atoms. The summed E-state index contributed by atoms with van der Waals surface area (Å²) in [6, 6.07) is 0. The van der Waals surface area contributed by atoms with Crippen LogP contribution in [0.3, 0.4) is 0 Å². The summed E-state index contributed by atoms with van der Waals surface area (Å²) in [5, 5.41) is 0. The van der Waals surface area contributed by atoms with Gasteiger partial charge in [-0.15, -0.1) is 22.0 Å². The second-order valence-electron chi connectivity index (χ2n) is 2.61. The highest BCUT2D eigenvalue weighted by Crippen LogP contribution is 2.33. The normalized spacial score (nSPS) is 16.1. The molecule has 11 heteroatoms. The van der Waals surface area contributed by atoms with Crippen molar-refractivity contribution < 1.29 is 49.3 Å². The monoisotopic (exact) mass is 278 g/mol. The molecule has 0 heterocycles. The maximum atomic E-state index is 12.3. The molecule has 0 aromatic rings. The lowest BCUT2D eigenvalue weighted by Crippen LogP contribution is -2.44. The summed E-state index contributed by atoms with van der Waals surface area (Å²) >= 11 is 0. The molecule has 0 aliphatic rings. The molecule has 17 heavy (non-hydrogen) atoms. The molecule has 0 aromatic carbocycles. The van der Waals surface area contributed by atoms with Crippen molar-refractivity contribution >= 4 is 0 Å². The fourth-order valence-electron chi connectivity index (χ4n) is 0.671. The van der Waals surface area contributed by atoms with Gasteiger partial charge in [0, 0.05) is 7.11 Å². The SMILES string of the molecule is COCC(OC(F)(F)OC(F)(F)F)C(F)(F)F. The molecule has 0 fully saturated rings. The van der Waals surface area contributed by atoms with E-state index in [1.54, 1.807) is 0 Å². The van der Waals surface area contributed by atoms with Gasteiger partial charge in [-0.3, -0.25) is 4.74 Å². The number of hydrogen-bond donors (Lipinski definition) is 0. The second-order valence-corrected chi connectivity index (χ2v) is 2.61. The van der Waals surface area contributed by atoms with Gasteiger partial charge in [0.25, 0.3) is 0 Å². The molecule has 0 rings (SSSR count). The van der Waals surface area contributed by atoms with Crippen molar-refractivity contribution in [2.24, 2.45) is 0 Å². The lowest BCUT2D eigenvalue weighted by atomic mass is 10.4. The van der Waals surface area contributed by atoms with Crippen molar-refractivity contribution in [3.05, 3.63) is 0 Å². The summed E-state index contributed by atoms with van der Waals surface area (Å²) in [4.78, 5) is 0. The van der Waals surface area contributed by atoms with Gasteiger partial charge in [0.1, 0.15) is 0 Å². The Morgan fingerprint density at radius 3 is 1.71 bits per heavy atom. The molecule has 0 aliphatic heterocycles. The lowest BCUT2D eigenvalue weighted by molar-refractivity contribution is -0.513. The molecule has 0 saturated heterocycles. The van der Waals surface area contributed by atoms with Gasteiger partial charge >= 0.3 is 18.8 Å². The van der Waals surface area contributed by atoms with Gasteiger partial charge in [-0.1, -0.05) is 0 Å². The number of ether oxygens (including phenoxy) is 3. The molecule has 0 aromatic heterocycles. The second kappa shape index (κ2) is 5.31. The van der Waals surface area contributed by atoms with Gasteiger partial charge in [0.2, 0.25) is 0 Å². The maximum absolute atomic E-state index is 12.3. The first kappa shape index (κ1) is 16.3. The summed E-state index contributed by atoms with van der Waals surface area (Å²) < 4.78 is 104. The van der Waals surface area contributed by atoms with E-state index in [4.69, 9.17) is 0 Å². The predicted octanol–water partition coefficient (Wildman–Crippen LogP) is 2.67. The number of methoxy groups -OCH3 is 1. The Kier molecular flexibility index (Phi) is 5.10. The van der Waals surface area contributed by atoms with E-state index >= 15 is 0 Å². The van der Waals surface area contributed by atoms with Crippen molar-refractivity contribution in [1.82, 2.24) is 0 Å². The molecular weight excluding hydrogens is 272 g/mol. The molecule has 0 aliphatic carbocycles. The zero-order valence-corrected chi connectivity index (χ0v) is 8.03. The summed E-state index contributed by atoms with van der Waals surface area (Å²) in [7, 11) is 0.727. The topological polar surface area (TPSA) is 27.7 Å². The number of halogens is 8. The first-order valence-electron chi connectivity index (χ1n) is 3.75. The van der Waals surface area contributed by atoms with E-state index in [2.05, 4.69) is 14.2 Å². The van der Waals surface area contributed by atoms with Crippen LogP contribution in [0.4, 0.5) is 35.1 Å². The Hall–Kier alpha value is -0.680. The molecule has 3 nitrogen and oxygen atoms in total. The number of rotatable bonds is 5. The third-order valence-corrected chi connectivity index (χ3v) is 1.20. The van der Waals surface area contributed by atoms with Crippen LogP contribution in [0.5, 0.6) is 0 Å². The zero-order valence-electron chi connectivity index (χ0n) is 8.03. The Morgan fingerprint density at radius 1 is 0.941 bits per heavy atom. The molecule has 1 unspecified atom stereocenters. The Morgan fingerprint density at radius 2 is 1.41 bits per heavy atom. The van der Waals surface area contributed by atoms with Crippen LogP contribution in [-0.4, -0.2) is 38.7 Å². The molecule has 0 amide bonds. The van der Waals surface area contributed by atoms with E-state index in [0.29, 0.717) is 0 Å². The van der Waals surface area contributed by atoms with Crippen LogP contribution in [0.1, 0.15) is 0 Å². The largest absolute Gasteiger partial charge is 0.529 e. The van der Waals surface area contributed by atoms with Crippen LogP contribution < -0.4 is 0 Å². The zero-order chi connectivity index (χ0) is 13.9. The van der Waals surface area contributed by atoms with Gasteiger partial charge in [-0.05, 0) is 0 Å². The Bertz CT molecular complexity index is 234. The van der Waals surface area contributed by atoms with Gasteiger partial charge in [-0.25, -0.2) is 4.74 Å². The van der Waals surface area contributed by atoms with Crippen LogP contribution in [0, 0.1) is 0 Å². The maximum Gasteiger partial charge on any atom is 0.529 e. The van der Waals surface area contributed by atoms with E-state index in [-0.39, 0.29) is 0 Å². The first-order chi connectivity index (χ1) is 7.37. The lowest BCUT2D eigenvalue weighted by Gasteiger charge is -2.25. The summed E-state index contributed by atoms with van der Waals surface area (Å²) in [6.07, 6.45) is -19.9. The van der Waals surface area contributed by atoms with Crippen LogP contribution in [-0.2, 0) is 14.2 Å². The molecular formula is C6H6F8O3. The van der Waals surface area contributed by atoms with Crippen molar-refractivity contribution in [2.75, 3.05) is 13.7 Å². The van der Waals surface area contributed by atoms with Crippen LogP contribution in [0.25, 0.3) is 0 Å². The summed E-state index contributed by atoms with van der Waals surface area (Å²) in [5.74, 6) is 0. The molecule has 0 radical (unpaired) electrons. The van der Waals surface area contributed by atoms with Crippen LogP contribution >= 0.6 is 0 Å². The minimum absolute atomic E-state index is 0.727. The molecule has 1 atom stereocenters. The summed E-state index contributed by atoms with van der Waals surface area (Å²) in [5.41, 5.74) is 0. The van der Waals surface area contributed by atoms with E-state index in [0.717, 1.165) is 7.11 Å². The van der Waals surface area contributed by atoms with E-state index in [1.165, 1.54) is 0 Å². The van der Waals surface area contributed by atoms with Gasteiger partial charge in [0.15, 0.2) is 6.10 Å². The minimum atomic E-state index is -5.84. The van der Waals surface area contributed by atoms with Crippen molar-refractivity contribution in [3.8, 4) is 0 Å². The molecule has 0 spiro atoms. The third kappa shape index (κ3) is 7.28. The summed E-state index contributed by atoms with van der Waals surface area (Å²) in [6.45, 7) is -1.40. The predicted molar refractivity (Wildman–Crippen MR) is 34.9 cm³/mol. The highest BCUT2D eigenvalue weighted by Gasteiger charge is 2.53. The Labute approximate surface area is 89.2 Å². The van der Waals surface area contributed by atoms with E-state index in [1.807, 2.05) is 0 Å². The van der Waals surface area contributed by atoms with Gasteiger partial charge in [-0.2, -0.15) is 13.2 Å². The van der Waals surface area contributed by atoms with E-state index in [9.17, 15) is 35.1 Å². The fourth-order valence-corrected chi connectivity index (χ4v) is 0.671. The van der Waals surface area contributed by atoms with Crippen LogP contribution in [0.2, 0.25) is 0 Å². The Balaban J connectivity index is 4.64. The first-order valence-corrected chi connectivity index (χ1v) is 3.75. The third-order valence-electron chi connectivity index (χ3n) is 1.20. The van der Waals surface area contributed by atoms with E-state index < -0.39 is 31.5 Å². The van der Waals surface area contributed by atoms with Crippen molar-refractivity contribution in [3.63, 3.8) is 0 Å². The molecule has 104 valence electrons. The number of alkyl halides is 8. The highest BCUT2D eigenvalue weighted by molar-refractivity contribution is 4.67. The molecule has 0 N–H and O–H groups in total. The average molecular weight is 278 g/mol. The van der Waals surface area contributed by atoms with Crippen molar-refractivity contribution in [1.29, 1.82) is 0 Å². The van der Waals surface area contributed by atoms with Crippen LogP contribution in [0.15, 0.2) is 0 Å². The fraction of sp³-hybridized carbons (Fsp3) is 1.00. The van der Waals surface area contributed by atoms with Gasteiger partial charge in [0.05, 0.1) is 6.61 Å². The standard InChI is InChI=1S/C6H6F8O3/c1-15-2-3(4(7,8)9)16-6(13,14)17-5(10,11)12/h3H,2H2,1H3. The molecule has 0 saturated carbocycles. The quantitative estimate of drug-likeness (QED) is 0.571. The van der Waals surface area contributed by atoms with Gasteiger partial charge < -0.3 is 4.74 Å². The highest BCUT2D eigenvalue weighted by atomic mass is 19.4. The average Bonchev–Trinajstić information content (AvgIpc) is 1.96. The smallest absolute Gasteiger partial charge is 0.382 e. The van der Waals surface area contributed by atoms with Crippen molar-refractivity contribution in [2.45, 2.75) is 24.9 Å². The number of hydrogen-bond acceptors (Lipinski definition) is 3.